The topological polar surface area (TPSA) is 97.2 Å². The molecule has 136 valence electrons. The Bertz CT molecular complexity index is 785. The lowest BCUT2D eigenvalue weighted by molar-refractivity contribution is -0.149. The summed E-state index contributed by atoms with van der Waals surface area (Å²) >= 11 is 0. The van der Waals surface area contributed by atoms with Crippen molar-refractivity contribution < 1.29 is 24.2 Å². The van der Waals surface area contributed by atoms with Crippen molar-refractivity contribution in [1.29, 1.82) is 0 Å². The summed E-state index contributed by atoms with van der Waals surface area (Å²) in [5.41, 5.74) is 3.20. The van der Waals surface area contributed by atoms with Gasteiger partial charge in [0.05, 0.1) is 17.9 Å². The van der Waals surface area contributed by atoms with Crippen LogP contribution in [0.4, 0.5) is 0 Å². The third kappa shape index (κ3) is 5.94. The van der Waals surface area contributed by atoms with E-state index in [1.54, 1.807) is 50.2 Å². The second-order valence-corrected chi connectivity index (χ2v) is 5.61. The van der Waals surface area contributed by atoms with Crippen molar-refractivity contribution in [3.63, 3.8) is 0 Å². The minimum atomic E-state index is -0.511. The van der Waals surface area contributed by atoms with Gasteiger partial charge in [-0.25, -0.2) is 10.2 Å². The van der Waals surface area contributed by atoms with Gasteiger partial charge in [-0.1, -0.05) is 12.1 Å². The van der Waals surface area contributed by atoms with E-state index in [1.165, 1.54) is 18.3 Å². The lowest BCUT2D eigenvalue weighted by atomic mass is 10.2. The number of hydrogen-bond donors (Lipinski definition) is 2. The molecule has 2 rings (SSSR count). The second kappa shape index (κ2) is 9.22. The number of carbonyl (C=O) groups is 2. The zero-order valence-electron chi connectivity index (χ0n) is 14.5. The molecule has 1 amide bonds. The predicted octanol–water partition coefficient (Wildman–Crippen LogP) is 2.49. The summed E-state index contributed by atoms with van der Waals surface area (Å²) in [6, 6.07) is 13.0. The second-order valence-electron chi connectivity index (χ2n) is 5.61. The molecule has 2 aromatic carbocycles. The van der Waals surface area contributed by atoms with Crippen molar-refractivity contribution in [3.8, 4) is 11.5 Å². The van der Waals surface area contributed by atoms with E-state index in [-0.39, 0.29) is 24.0 Å². The molecule has 0 radical (unpaired) electrons. The third-order valence-corrected chi connectivity index (χ3v) is 3.13. The summed E-state index contributed by atoms with van der Waals surface area (Å²) in [4.78, 5) is 23.3. The highest BCUT2D eigenvalue weighted by Crippen LogP contribution is 2.15. The van der Waals surface area contributed by atoms with Crippen LogP contribution in [0.3, 0.4) is 0 Å². The fraction of sp³-hybridized carbons (Fsp3) is 0.211. The van der Waals surface area contributed by atoms with E-state index in [1.807, 2.05) is 0 Å². The molecular weight excluding hydrogens is 336 g/mol. The van der Waals surface area contributed by atoms with Crippen LogP contribution in [0.5, 0.6) is 11.5 Å². The number of amides is 1. The van der Waals surface area contributed by atoms with E-state index >= 15 is 0 Å². The largest absolute Gasteiger partial charge is 0.507 e. The van der Waals surface area contributed by atoms with Gasteiger partial charge in [0.1, 0.15) is 11.5 Å². The molecule has 0 aliphatic rings. The van der Waals surface area contributed by atoms with Gasteiger partial charge >= 0.3 is 5.97 Å². The first-order valence-corrected chi connectivity index (χ1v) is 7.99. The summed E-state index contributed by atoms with van der Waals surface area (Å²) in [6.07, 6.45) is 1.27. The lowest BCUT2D eigenvalue weighted by Gasteiger charge is -2.09. The number of phenols is 1. The molecule has 0 atom stereocenters. The quantitative estimate of drug-likeness (QED) is 0.451. The maximum atomic E-state index is 11.9. The molecule has 0 spiro atoms. The Hall–Kier alpha value is -3.35. The molecule has 2 aromatic rings. The van der Waals surface area contributed by atoms with Gasteiger partial charge in [-0.2, -0.15) is 5.10 Å². The molecule has 2 N–H and O–H groups in total. The summed E-state index contributed by atoms with van der Waals surface area (Å²) in [5, 5.41) is 13.5. The number of benzene rings is 2. The summed E-state index contributed by atoms with van der Waals surface area (Å²) < 4.78 is 10.3. The zero-order chi connectivity index (χ0) is 18.9. The average molecular weight is 356 g/mol. The number of phenolic OH excluding ortho intramolecular Hbond substituents is 1. The molecule has 0 saturated carbocycles. The molecule has 7 heteroatoms. The molecular formula is C19H20N2O5. The fourth-order valence-electron chi connectivity index (χ4n) is 1.98. The van der Waals surface area contributed by atoms with Crippen molar-refractivity contribution >= 4 is 18.1 Å². The SMILES string of the molecule is CC(C)OC(=O)COc1ccc(/C=N\NC(=O)c2ccccc2O)cc1. The van der Waals surface area contributed by atoms with Crippen molar-refractivity contribution in [3.05, 3.63) is 59.7 Å². The highest BCUT2D eigenvalue weighted by Gasteiger charge is 2.08. The van der Waals surface area contributed by atoms with Crippen LogP contribution in [0.2, 0.25) is 0 Å². The van der Waals surface area contributed by atoms with Crippen LogP contribution in [-0.4, -0.2) is 35.9 Å². The van der Waals surface area contributed by atoms with Crippen LogP contribution >= 0.6 is 0 Å². The van der Waals surface area contributed by atoms with Gasteiger partial charge in [0.15, 0.2) is 6.61 Å². The summed E-state index contributed by atoms with van der Waals surface area (Å²) in [5.74, 6) is -0.542. The molecule has 0 aliphatic heterocycles. The van der Waals surface area contributed by atoms with Gasteiger partial charge in [0.25, 0.3) is 5.91 Å². The van der Waals surface area contributed by atoms with E-state index in [9.17, 15) is 14.7 Å². The highest BCUT2D eigenvalue weighted by atomic mass is 16.6. The van der Waals surface area contributed by atoms with Gasteiger partial charge in [0, 0.05) is 0 Å². The maximum absolute atomic E-state index is 11.9. The van der Waals surface area contributed by atoms with E-state index in [0.717, 1.165) is 5.56 Å². The number of nitrogens with one attached hydrogen (secondary N) is 1. The Morgan fingerprint density at radius 1 is 1.15 bits per heavy atom. The van der Waals surface area contributed by atoms with Gasteiger partial charge in [0.2, 0.25) is 0 Å². The van der Waals surface area contributed by atoms with Gasteiger partial charge in [-0.15, -0.1) is 0 Å². The number of aromatic hydroxyl groups is 1. The number of ether oxygens (including phenoxy) is 2. The Labute approximate surface area is 151 Å². The summed E-state index contributed by atoms with van der Waals surface area (Å²) in [6.45, 7) is 3.37. The van der Waals surface area contributed by atoms with E-state index < -0.39 is 11.9 Å². The Morgan fingerprint density at radius 3 is 2.50 bits per heavy atom. The van der Waals surface area contributed by atoms with Gasteiger partial charge in [-0.05, 0) is 55.8 Å². The first kappa shape index (κ1) is 19.0. The van der Waals surface area contributed by atoms with Crippen molar-refractivity contribution in [2.45, 2.75) is 20.0 Å². The van der Waals surface area contributed by atoms with Crippen LogP contribution in [0.25, 0.3) is 0 Å². The van der Waals surface area contributed by atoms with Gasteiger partial charge in [-0.3, -0.25) is 4.79 Å². The lowest BCUT2D eigenvalue weighted by Crippen LogP contribution is -2.18. The molecule has 0 saturated heterocycles. The molecule has 26 heavy (non-hydrogen) atoms. The maximum Gasteiger partial charge on any atom is 0.344 e. The highest BCUT2D eigenvalue weighted by molar-refractivity contribution is 5.97. The van der Waals surface area contributed by atoms with Crippen LogP contribution in [0.1, 0.15) is 29.8 Å². The van der Waals surface area contributed by atoms with E-state index in [0.29, 0.717) is 5.75 Å². The number of nitrogens with zero attached hydrogens (tertiary/aromatic N) is 1. The van der Waals surface area contributed by atoms with E-state index in [4.69, 9.17) is 9.47 Å². The zero-order valence-corrected chi connectivity index (χ0v) is 14.5. The van der Waals surface area contributed by atoms with Gasteiger partial charge < -0.3 is 14.6 Å². The van der Waals surface area contributed by atoms with Crippen LogP contribution in [0.15, 0.2) is 53.6 Å². The molecule has 0 bridgehead atoms. The monoisotopic (exact) mass is 356 g/mol. The number of carbonyl (C=O) groups excluding carboxylic acids is 2. The van der Waals surface area contributed by atoms with Crippen LogP contribution in [0, 0.1) is 0 Å². The number of hydrazone groups is 1. The minimum Gasteiger partial charge on any atom is -0.507 e. The molecule has 7 nitrogen and oxygen atoms in total. The molecule has 0 unspecified atom stereocenters. The molecule has 0 aromatic heterocycles. The standard InChI is InChI=1S/C19H20N2O5/c1-13(2)26-18(23)12-25-15-9-7-14(8-10-15)11-20-21-19(24)16-5-3-4-6-17(16)22/h3-11,13,22H,12H2,1-2H3,(H,21,24)/b20-11-. The molecule has 0 fully saturated rings. The third-order valence-electron chi connectivity index (χ3n) is 3.13. The number of hydrogen-bond acceptors (Lipinski definition) is 6. The van der Waals surface area contributed by atoms with E-state index in [2.05, 4.69) is 10.5 Å². The summed E-state index contributed by atoms with van der Waals surface area (Å²) in [7, 11) is 0. The van der Waals surface area contributed by atoms with Crippen LogP contribution in [-0.2, 0) is 9.53 Å². The Balaban J connectivity index is 1.85. The average Bonchev–Trinajstić information content (AvgIpc) is 2.61. The number of para-hydroxylation sites is 1. The van der Waals surface area contributed by atoms with Crippen LogP contribution < -0.4 is 10.2 Å². The Morgan fingerprint density at radius 2 is 1.85 bits per heavy atom. The smallest absolute Gasteiger partial charge is 0.344 e. The van der Waals surface area contributed by atoms with Crippen molar-refractivity contribution in [2.75, 3.05) is 6.61 Å². The molecule has 0 aliphatic carbocycles. The van der Waals surface area contributed by atoms with Crippen molar-refractivity contribution in [2.24, 2.45) is 5.10 Å². The predicted molar refractivity (Wildman–Crippen MR) is 96.3 cm³/mol. The normalized spacial score (nSPS) is 10.7. The first-order chi connectivity index (χ1) is 12.5. The van der Waals surface area contributed by atoms with Crippen molar-refractivity contribution in [1.82, 2.24) is 5.43 Å². The Kier molecular flexibility index (Phi) is 6.73. The fourth-order valence-corrected chi connectivity index (χ4v) is 1.98. The first-order valence-electron chi connectivity index (χ1n) is 7.99. The number of esters is 1. The molecule has 0 heterocycles. The number of rotatable bonds is 7. The minimum absolute atomic E-state index is 0.113.